The molecule has 0 fully saturated rings. The smallest absolute Gasteiger partial charge is 0.341 e. The number of aryl methyl sites for hydroxylation is 2. The van der Waals surface area contributed by atoms with E-state index in [1.807, 2.05) is 0 Å². The number of thiophene rings is 1. The van der Waals surface area contributed by atoms with E-state index >= 15 is 0 Å². The van der Waals surface area contributed by atoms with Crippen LogP contribution in [0.25, 0.3) is 0 Å². The van der Waals surface area contributed by atoms with Crippen LogP contribution in [0.15, 0.2) is 16.5 Å². The molecular weight excluding hydrogens is 302 g/mol. The Morgan fingerprint density at radius 3 is 2.73 bits per heavy atom. The van der Waals surface area contributed by atoms with Gasteiger partial charge < -0.3 is 14.5 Å². The van der Waals surface area contributed by atoms with Gasteiger partial charge in [-0.05, 0) is 50.3 Å². The molecule has 1 N–H and O–H groups in total. The highest BCUT2D eigenvalue weighted by atomic mass is 32.1. The van der Waals surface area contributed by atoms with Gasteiger partial charge >= 0.3 is 5.97 Å². The van der Waals surface area contributed by atoms with Gasteiger partial charge in [0.05, 0.1) is 12.7 Å². The average Bonchev–Trinajstić information content (AvgIpc) is 3.09. The number of ether oxygens (including phenoxy) is 1. The molecule has 1 amide bonds. The van der Waals surface area contributed by atoms with Crippen molar-refractivity contribution >= 4 is 28.2 Å². The molecule has 2 heterocycles. The molecule has 0 aliphatic heterocycles. The summed E-state index contributed by atoms with van der Waals surface area (Å²) in [4.78, 5) is 25.5. The Hall–Kier alpha value is -2.08. The summed E-state index contributed by atoms with van der Waals surface area (Å²) < 4.78 is 10.2. The van der Waals surface area contributed by atoms with Gasteiger partial charge in [0.2, 0.25) is 0 Å². The van der Waals surface area contributed by atoms with Gasteiger partial charge in [0.1, 0.15) is 10.8 Å². The fraction of sp³-hybridized carbons (Fsp3) is 0.375. The molecule has 0 aromatic carbocycles. The van der Waals surface area contributed by atoms with Gasteiger partial charge in [-0.2, -0.15) is 0 Å². The predicted molar refractivity (Wildman–Crippen MR) is 83.7 cm³/mol. The van der Waals surface area contributed by atoms with Crippen molar-refractivity contribution in [2.24, 2.45) is 0 Å². The minimum absolute atomic E-state index is 0.236. The maximum Gasteiger partial charge on any atom is 0.341 e. The van der Waals surface area contributed by atoms with Crippen LogP contribution >= 0.6 is 11.3 Å². The van der Waals surface area contributed by atoms with Crippen LogP contribution in [-0.4, -0.2) is 19.0 Å². The Morgan fingerprint density at radius 1 is 1.27 bits per heavy atom. The van der Waals surface area contributed by atoms with E-state index in [9.17, 15) is 9.59 Å². The van der Waals surface area contributed by atoms with Crippen molar-refractivity contribution in [2.75, 3.05) is 12.4 Å². The molecule has 22 heavy (non-hydrogen) atoms. The number of nitrogens with one attached hydrogen (secondary N) is 1. The second kappa shape index (κ2) is 5.96. The van der Waals surface area contributed by atoms with Crippen LogP contribution in [0.3, 0.4) is 0 Å². The van der Waals surface area contributed by atoms with Crippen molar-refractivity contribution in [2.45, 2.75) is 32.6 Å². The van der Waals surface area contributed by atoms with Crippen LogP contribution in [0.4, 0.5) is 5.00 Å². The SMILES string of the molecule is COC(=O)c1c(NC(=O)c2ccc(C)o2)sc2c1CCCC2. The van der Waals surface area contributed by atoms with E-state index in [-0.39, 0.29) is 11.7 Å². The summed E-state index contributed by atoms with van der Waals surface area (Å²) in [7, 11) is 1.36. The van der Waals surface area contributed by atoms with E-state index in [2.05, 4.69) is 5.32 Å². The van der Waals surface area contributed by atoms with Crippen LogP contribution in [0, 0.1) is 6.92 Å². The molecule has 0 atom stereocenters. The minimum atomic E-state index is -0.398. The topological polar surface area (TPSA) is 68.5 Å². The van der Waals surface area contributed by atoms with Gasteiger partial charge in [-0.3, -0.25) is 4.79 Å². The zero-order valence-electron chi connectivity index (χ0n) is 12.5. The van der Waals surface area contributed by atoms with Crippen molar-refractivity contribution in [3.63, 3.8) is 0 Å². The Bertz CT molecular complexity index is 729. The molecule has 116 valence electrons. The number of hydrogen-bond donors (Lipinski definition) is 1. The molecule has 5 nitrogen and oxygen atoms in total. The molecule has 0 radical (unpaired) electrons. The van der Waals surface area contributed by atoms with E-state index in [1.54, 1.807) is 19.1 Å². The number of rotatable bonds is 3. The highest BCUT2D eigenvalue weighted by Crippen LogP contribution is 2.38. The molecule has 2 aromatic heterocycles. The van der Waals surface area contributed by atoms with Crippen molar-refractivity contribution < 1.29 is 18.7 Å². The van der Waals surface area contributed by atoms with E-state index in [1.165, 1.54) is 18.4 Å². The fourth-order valence-corrected chi connectivity index (χ4v) is 3.97. The number of carbonyl (C=O) groups is 2. The van der Waals surface area contributed by atoms with Gasteiger partial charge in [-0.15, -0.1) is 11.3 Å². The highest BCUT2D eigenvalue weighted by Gasteiger charge is 2.27. The summed E-state index contributed by atoms with van der Waals surface area (Å²) >= 11 is 1.46. The lowest BCUT2D eigenvalue weighted by molar-refractivity contribution is 0.0601. The summed E-state index contributed by atoms with van der Waals surface area (Å²) in [5, 5.41) is 3.35. The minimum Gasteiger partial charge on any atom is -0.465 e. The van der Waals surface area contributed by atoms with E-state index < -0.39 is 5.97 Å². The third-order valence-electron chi connectivity index (χ3n) is 3.75. The number of methoxy groups -OCH3 is 1. The Kier molecular flexibility index (Phi) is 4.02. The molecule has 2 aromatic rings. The molecule has 3 rings (SSSR count). The third kappa shape index (κ3) is 2.66. The quantitative estimate of drug-likeness (QED) is 0.878. The zero-order chi connectivity index (χ0) is 15.7. The predicted octanol–water partition coefficient (Wildman–Crippen LogP) is 3.57. The maximum absolute atomic E-state index is 12.3. The second-order valence-electron chi connectivity index (χ2n) is 5.27. The zero-order valence-corrected chi connectivity index (χ0v) is 13.3. The van der Waals surface area contributed by atoms with Gasteiger partial charge in [0.25, 0.3) is 5.91 Å². The van der Waals surface area contributed by atoms with Gasteiger partial charge in [0, 0.05) is 4.88 Å². The van der Waals surface area contributed by atoms with Crippen molar-refractivity contribution in [3.05, 3.63) is 39.7 Å². The lowest BCUT2D eigenvalue weighted by Gasteiger charge is -2.11. The van der Waals surface area contributed by atoms with Crippen LogP contribution in [0.1, 0.15) is 50.0 Å². The monoisotopic (exact) mass is 319 g/mol. The summed E-state index contributed by atoms with van der Waals surface area (Å²) in [6.45, 7) is 1.78. The van der Waals surface area contributed by atoms with Crippen molar-refractivity contribution in [1.82, 2.24) is 0 Å². The summed E-state index contributed by atoms with van der Waals surface area (Å²) in [6, 6.07) is 3.35. The first-order valence-corrected chi connectivity index (χ1v) is 8.02. The summed E-state index contributed by atoms with van der Waals surface area (Å²) in [6.07, 6.45) is 3.96. The Labute approximate surface area is 132 Å². The van der Waals surface area contributed by atoms with Crippen molar-refractivity contribution in [1.29, 1.82) is 0 Å². The molecule has 0 bridgehead atoms. The van der Waals surface area contributed by atoms with Crippen LogP contribution in [-0.2, 0) is 17.6 Å². The van der Waals surface area contributed by atoms with Crippen LogP contribution in [0.5, 0.6) is 0 Å². The average molecular weight is 319 g/mol. The molecule has 1 aliphatic carbocycles. The van der Waals surface area contributed by atoms with E-state index in [0.29, 0.717) is 16.3 Å². The molecular formula is C16H17NO4S. The molecule has 0 saturated heterocycles. The lowest BCUT2D eigenvalue weighted by atomic mass is 9.95. The number of hydrogen-bond acceptors (Lipinski definition) is 5. The van der Waals surface area contributed by atoms with Gasteiger partial charge in [0.15, 0.2) is 5.76 Å². The number of furan rings is 1. The third-order valence-corrected chi connectivity index (χ3v) is 4.96. The lowest BCUT2D eigenvalue weighted by Crippen LogP contribution is -2.14. The maximum atomic E-state index is 12.3. The molecule has 0 unspecified atom stereocenters. The second-order valence-corrected chi connectivity index (χ2v) is 6.38. The first-order chi connectivity index (χ1) is 10.6. The standard InChI is InChI=1S/C16H17NO4S/c1-9-7-8-11(21-9)14(18)17-15-13(16(19)20-2)10-5-3-4-6-12(10)22-15/h7-8H,3-6H2,1-2H3,(H,17,18). The highest BCUT2D eigenvalue weighted by molar-refractivity contribution is 7.17. The first-order valence-electron chi connectivity index (χ1n) is 7.20. The number of amides is 1. The van der Waals surface area contributed by atoms with Crippen LogP contribution in [0.2, 0.25) is 0 Å². The molecule has 6 heteroatoms. The summed E-state index contributed by atoms with van der Waals surface area (Å²) in [5.41, 5.74) is 1.52. The first kappa shape index (κ1) is 14.8. The number of fused-ring (bicyclic) bond motifs is 1. The normalized spacial score (nSPS) is 13.5. The fourth-order valence-electron chi connectivity index (χ4n) is 2.69. The Morgan fingerprint density at radius 2 is 2.05 bits per heavy atom. The van der Waals surface area contributed by atoms with E-state index in [4.69, 9.17) is 9.15 Å². The molecule has 0 spiro atoms. The molecule has 1 aliphatic rings. The number of anilines is 1. The Balaban J connectivity index is 1.94. The van der Waals surface area contributed by atoms with Crippen molar-refractivity contribution in [3.8, 4) is 0 Å². The summed E-state index contributed by atoms with van der Waals surface area (Å²) in [5.74, 6) is 0.158. The van der Waals surface area contributed by atoms with E-state index in [0.717, 1.165) is 36.1 Å². The number of esters is 1. The molecule has 0 saturated carbocycles. The van der Waals surface area contributed by atoms with Crippen LogP contribution < -0.4 is 5.32 Å². The van der Waals surface area contributed by atoms with Gasteiger partial charge in [-0.1, -0.05) is 0 Å². The number of carbonyl (C=O) groups excluding carboxylic acids is 2. The van der Waals surface area contributed by atoms with Gasteiger partial charge in [-0.25, -0.2) is 4.79 Å². The largest absolute Gasteiger partial charge is 0.465 e.